The van der Waals surface area contributed by atoms with Crippen molar-refractivity contribution in [2.24, 2.45) is 0 Å². The number of allylic oxidation sites excluding steroid dienone is 1. The Morgan fingerprint density at radius 1 is 0.903 bits per heavy atom. The number of ether oxygens (including phenoxy) is 5. The highest BCUT2D eigenvalue weighted by atomic mass is 16.5. The van der Waals surface area contributed by atoms with Crippen molar-refractivity contribution in [3.8, 4) is 28.7 Å². The molecule has 1 atom stereocenters. The summed E-state index contributed by atoms with van der Waals surface area (Å²) < 4.78 is 27.5. The summed E-state index contributed by atoms with van der Waals surface area (Å²) in [6, 6.07) is 9.46. The number of aliphatic hydroxyl groups is 1. The van der Waals surface area contributed by atoms with Gasteiger partial charge in [-0.1, -0.05) is 24.3 Å². The molecule has 0 aromatic heterocycles. The standard InChI is InChI=1S/C24H33NO6/c1-7-8-17-9-11-20(22(13-17)28-4)31-16-19(26)15-25(2)14-18-10-12-21(27-3)24(30-6)23(18)29-5/h7-13,19,26H,14-16H2,1-6H3/b8-7+/t19-/m0/s1. The molecule has 0 aliphatic carbocycles. The Kier molecular flexibility index (Phi) is 9.49. The SMILES string of the molecule is C/C=C/c1ccc(OC[C@@H](O)CN(C)Cc2ccc(OC)c(OC)c2OC)c(OC)c1. The maximum absolute atomic E-state index is 10.5. The summed E-state index contributed by atoms with van der Waals surface area (Å²) >= 11 is 0. The van der Waals surface area contributed by atoms with Gasteiger partial charge in [0, 0.05) is 18.7 Å². The first-order valence-electron chi connectivity index (χ1n) is 10.0. The van der Waals surface area contributed by atoms with Gasteiger partial charge in [-0.15, -0.1) is 0 Å². The van der Waals surface area contributed by atoms with E-state index in [0.717, 1.165) is 11.1 Å². The predicted octanol–water partition coefficient (Wildman–Crippen LogP) is 3.63. The van der Waals surface area contributed by atoms with E-state index in [9.17, 15) is 5.11 Å². The van der Waals surface area contributed by atoms with Gasteiger partial charge in [0.15, 0.2) is 23.0 Å². The molecule has 2 aromatic carbocycles. The second kappa shape index (κ2) is 12.1. The first kappa shape index (κ1) is 24.4. The van der Waals surface area contributed by atoms with Crippen molar-refractivity contribution in [2.75, 3.05) is 48.6 Å². The summed E-state index contributed by atoms with van der Waals surface area (Å²) in [5.41, 5.74) is 1.95. The van der Waals surface area contributed by atoms with Crippen LogP contribution >= 0.6 is 0 Å². The van der Waals surface area contributed by atoms with Crippen LogP contribution in [-0.2, 0) is 6.54 Å². The summed E-state index contributed by atoms with van der Waals surface area (Å²) in [6.45, 7) is 3.08. The Balaban J connectivity index is 1.98. The molecule has 2 rings (SSSR count). The van der Waals surface area contributed by atoms with E-state index in [4.69, 9.17) is 23.7 Å². The van der Waals surface area contributed by atoms with Crippen LogP contribution in [0.3, 0.4) is 0 Å². The third kappa shape index (κ3) is 6.54. The molecule has 0 spiro atoms. The monoisotopic (exact) mass is 431 g/mol. The first-order chi connectivity index (χ1) is 15.0. The van der Waals surface area contributed by atoms with E-state index in [0.29, 0.717) is 41.8 Å². The van der Waals surface area contributed by atoms with Gasteiger partial charge in [0.05, 0.1) is 28.4 Å². The van der Waals surface area contributed by atoms with Gasteiger partial charge in [-0.05, 0) is 37.7 Å². The number of methoxy groups -OCH3 is 4. The summed E-state index contributed by atoms with van der Waals surface area (Å²) in [4.78, 5) is 1.99. The maximum Gasteiger partial charge on any atom is 0.203 e. The molecule has 0 saturated heterocycles. The molecule has 0 unspecified atom stereocenters. The average Bonchev–Trinajstić information content (AvgIpc) is 2.77. The number of aliphatic hydroxyl groups excluding tert-OH is 1. The minimum Gasteiger partial charge on any atom is -0.493 e. The van der Waals surface area contributed by atoms with Crippen molar-refractivity contribution in [2.45, 2.75) is 19.6 Å². The van der Waals surface area contributed by atoms with Gasteiger partial charge < -0.3 is 28.8 Å². The zero-order valence-corrected chi connectivity index (χ0v) is 19.2. The molecule has 1 N–H and O–H groups in total. The molecule has 0 bridgehead atoms. The third-order valence-corrected chi connectivity index (χ3v) is 4.73. The molecule has 7 nitrogen and oxygen atoms in total. The molecule has 170 valence electrons. The molecule has 0 heterocycles. The number of hydrogen-bond acceptors (Lipinski definition) is 7. The van der Waals surface area contributed by atoms with Crippen LogP contribution in [0, 0.1) is 0 Å². The molecular formula is C24H33NO6. The van der Waals surface area contributed by atoms with Gasteiger partial charge in [-0.2, -0.15) is 0 Å². The normalized spacial score (nSPS) is 12.1. The molecule has 0 aliphatic rings. The Morgan fingerprint density at radius 3 is 2.19 bits per heavy atom. The van der Waals surface area contributed by atoms with Crippen molar-refractivity contribution in [1.82, 2.24) is 4.90 Å². The summed E-state index contributed by atoms with van der Waals surface area (Å²) in [5, 5.41) is 10.5. The number of nitrogens with zero attached hydrogens (tertiary/aromatic N) is 1. The van der Waals surface area contributed by atoms with Crippen LogP contribution in [0.2, 0.25) is 0 Å². The van der Waals surface area contributed by atoms with Crippen LogP contribution < -0.4 is 23.7 Å². The van der Waals surface area contributed by atoms with Crippen molar-refractivity contribution < 1.29 is 28.8 Å². The van der Waals surface area contributed by atoms with E-state index >= 15 is 0 Å². The third-order valence-electron chi connectivity index (χ3n) is 4.73. The second-order valence-electron chi connectivity index (χ2n) is 7.07. The van der Waals surface area contributed by atoms with E-state index < -0.39 is 6.10 Å². The van der Waals surface area contributed by atoms with Gasteiger partial charge in [-0.3, -0.25) is 4.90 Å². The number of likely N-dealkylation sites (N-methyl/N-ethyl adjacent to an activating group) is 1. The van der Waals surface area contributed by atoms with Gasteiger partial charge in [0.2, 0.25) is 5.75 Å². The van der Waals surface area contributed by atoms with Crippen LogP contribution in [0.1, 0.15) is 18.1 Å². The fourth-order valence-corrected chi connectivity index (χ4v) is 3.34. The minimum atomic E-state index is -0.684. The topological polar surface area (TPSA) is 69.6 Å². The van der Waals surface area contributed by atoms with Crippen LogP contribution in [0.5, 0.6) is 28.7 Å². The van der Waals surface area contributed by atoms with Crippen LogP contribution in [0.4, 0.5) is 0 Å². The molecule has 0 saturated carbocycles. The Morgan fingerprint density at radius 2 is 1.58 bits per heavy atom. The van der Waals surface area contributed by atoms with Crippen molar-refractivity contribution >= 4 is 6.08 Å². The quantitative estimate of drug-likeness (QED) is 0.550. The van der Waals surface area contributed by atoms with Crippen molar-refractivity contribution in [3.63, 3.8) is 0 Å². The largest absolute Gasteiger partial charge is 0.493 e. The Bertz CT molecular complexity index is 867. The maximum atomic E-state index is 10.5. The number of rotatable bonds is 12. The highest BCUT2D eigenvalue weighted by Gasteiger charge is 2.18. The van der Waals surface area contributed by atoms with E-state index in [1.54, 1.807) is 28.4 Å². The van der Waals surface area contributed by atoms with Crippen LogP contribution in [0.15, 0.2) is 36.4 Å². The lowest BCUT2D eigenvalue weighted by Crippen LogP contribution is -2.33. The summed E-state index contributed by atoms with van der Waals surface area (Å²) in [6.07, 6.45) is 3.26. The lowest BCUT2D eigenvalue weighted by atomic mass is 10.1. The lowest BCUT2D eigenvalue weighted by Gasteiger charge is -2.23. The van der Waals surface area contributed by atoms with Gasteiger partial charge >= 0.3 is 0 Å². The highest BCUT2D eigenvalue weighted by molar-refractivity contribution is 5.56. The second-order valence-corrected chi connectivity index (χ2v) is 7.07. The van der Waals surface area contributed by atoms with E-state index in [1.807, 2.05) is 61.4 Å². The molecule has 0 aliphatic heterocycles. The zero-order chi connectivity index (χ0) is 22.8. The molecule has 7 heteroatoms. The van der Waals surface area contributed by atoms with E-state index in [-0.39, 0.29) is 6.61 Å². The van der Waals surface area contributed by atoms with Crippen molar-refractivity contribution in [3.05, 3.63) is 47.5 Å². The first-order valence-corrected chi connectivity index (χ1v) is 10.0. The highest BCUT2D eigenvalue weighted by Crippen LogP contribution is 2.40. The summed E-state index contributed by atoms with van der Waals surface area (Å²) in [5.74, 6) is 3.00. The van der Waals surface area contributed by atoms with E-state index in [2.05, 4.69) is 0 Å². The predicted molar refractivity (Wildman–Crippen MR) is 122 cm³/mol. The smallest absolute Gasteiger partial charge is 0.203 e. The fraction of sp³-hybridized carbons (Fsp3) is 0.417. The van der Waals surface area contributed by atoms with Crippen LogP contribution in [-0.4, -0.2) is 64.7 Å². The van der Waals surface area contributed by atoms with Gasteiger partial charge in [0.25, 0.3) is 0 Å². The Labute approximate surface area is 184 Å². The van der Waals surface area contributed by atoms with E-state index in [1.165, 1.54) is 0 Å². The molecule has 0 radical (unpaired) electrons. The molecule has 0 amide bonds. The van der Waals surface area contributed by atoms with Gasteiger partial charge in [-0.25, -0.2) is 0 Å². The molecule has 2 aromatic rings. The van der Waals surface area contributed by atoms with Gasteiger partial charge in [0.1, 0.15) is 12.7 Å². The number of hydrogen-bond donors (Lipinski definition) is 1. The molecule has 0 fully saturated rings. The molecular weight excluding hydrogens is 398 g/mol. The average molecular weight is 432 g/mol. The van der Waals surface area contributed by atoms with Crippen LogP contribution in [0.25, 0.3) is 6.08 Å². The van der Waals surface area contributed by atoms with Crippen molar-refractivity contribution in [1.29, 1.82) is 0 Å². The minimum absolute atomic E-state index is 0.146. The Hall–Kier alpha value is -2.90. The summed E-state index contributed by atoms with van der Waals surface area (Å²) in [7, 11) is 8.28. The zero-order valence-electron chi connectivity index (χ0n) is 19.2. The lowest BCUT2D eigenvalue weighted by molar-refractivity contribution is 0.0730. The molecule has 31 heavy (non-hydrogen) atoms. The fourth-order valence-electron chi connectivity index (χ4n) is 3.34. The number of benzene rings is 2.